The smallest absolute Gasteiger partial charge is 0.790 e. The van der Waals surface area contributed by atoms with Crippen LogP contribution >= 0.6 is 7.82 Å². The number of methoxy groups -OCH3 is 1. The van der Waals surface area contributed by atoms with Crippen molar-refractivity contribution in [2.75, 3.05) is 32.4 Å². The van der Waals surface area contributed by atoms with E-state index >= 15 is 0 Å². The van der Waals surface area contributed by atoms with E-state index in [4.69, 9.17) is 20.8 Å². The summed E-state index contributed by atoms with van der Waals surface area (Å²) in [7, 11) is -14.3. The SMILES string of the molecule is [2H]C(OP(=O)([O-])[O-])[C@H](CCCCNC(=O)[C@@H](NC(=O)OC([2H])([2H])[2H])C(c1ccccc1)c1ccccc1)N(CC([2H])(C([2H])([2H])[2H])C([2H])([2H])[2H])S(=O)(=O)c1ccc(N)cc1.[Na+].[Na+]. The Morgan fingerprint density at radius 2 is 1.56 bits per heavy atom. The van der Waals surface area contributed by atoms with Gasteiger partial charge in [-0.3, -0.25) is 4.79 Å². The van der Waals surface area contributed by atoms with Gasteiger partial charge in [0.05, 0.1) is 31.8 Å². The van der Waals surface area contributed by atoms with Gasteiger partial charge in [-0.25, -0.2) is 13.2 Å². The molecular formula is C33H43N4Na2O9PS. The molecule has 2 amide bonds. The number of nitrogens with two attached hydrogens (primary N) is 1. The summed E-state index contributed by atoms with van der Waals surface area (Å²) in [6.45, 7) is -11.9. The fraction of sp³-hybridized carbons (Fsp3) is 0.394. The van der Waals surface area contributed by atoms with Gasteiger partial charge in [-0.1, -0.05) is 80.8 Å². The Morgan fingerprint density at radius 1 is 0.980 bits per heavy atom. The zero-order valence-electron chi connectivity index (χ0n) is 38.5. The number of carbonyl (C=O) groups excluding carboxylic acids is 2. The van der Waals surface area contributed by atoms with Crippen LogP contribution in [0.1, 0.15) is 65.1 Å². The summed E-state index contributed by atoms with van der Waals surface area (Å²) in [5.41, 5.74) is 6.83. The molecule has 3 rings (SSSR count). The van der Waals surface area contributed by atoms with Gasteiger partial charge < -0.3 is 40.0 Å². The minimum absolute atomic E-state index is 0. The number of carbonyl (C=O) groups is 2. The molecule has 1 unspecified atom stereocenters. The number of rotatable bonds is 18. The van der Waals surface area contributed by atoms with Crippen LogP contribution in [0, 0.1) is 5.89 Å². The molecule has 4 N–H and O–H groups in total. The molecule has 0 aliphatic carbocycles. The number of hydrogen-bond donors (Lipinski definition) is 3. The molecule has 17 heteroatoms. The van der Waals surface area contributed by atoms with Crippen molar-refractivity contribution in [3.63, 3.8) is 0 Å². The van der Waals surface area contributed by atoms with Gasteiger partial charge in [-0.05, 0) is 54.1 Å². The summed E-state index contributed by atoms with van der Waals surface area (Å²) in [6, 6.07) is 17.4. The Bertz CT molecular complexity index is 1970. The van der Waals surface area contributed by atoms with Gasteiger partial charge in [0.2, 0.25) is 15.9 Å². The summed E-state index contributed by atoms with van der Waals surface area (Å²) in [4.78, 5) is 49.3. The molecule has 0 aliphatic rings. The van der Waals surface area contributed by atoms with E-state index in [-0.39, 0.29) is 88.5 Å². The number of sulfonamides is 1. The largest absolute Gasteiger partial charge is 1.00 e. The van der Waals surface area contributed by atoms with E-state index < -0.39 is 98.9 Å². The summed E-state index contributed by atoms with van der Waals surface area (Å²) in [5, 5.41) is 4.90. The summed E-state index contributed by atoms with van der Waals surface area (Å²) < 4.78 is 135. The quantitative estimate of drug-likeness (QED) is 0.0519. The van der Waals surface area contributed by atoms with Crippen LogP contribution in [0.15, 0.2) is 89.8 Å². The Labute approximate surface area is 354 Å². The standard InChI is InChI=1S/C33H45N4O9PS.2Na/c1-24(2)22-37(48(43,44)29-19-17-27(34)18-20-29)28(23-46-47(40,41)42)16-10-11-21-35-32(38)31(36-33(39)45-3)30(25-12-6-4-7-13-25)26-14-8-5-9-15-26;;/h4-9,12-15,17-20,24,28,30-31H,10-11,16,21-23,34H2,1-3H3,(H,35,38)(H,36,39)(H2,40,41,42);;/q;2*+1/p-2/t28-,31-;;/m0../s1/i1D3,2D3,3D3,23D,24D;;/t23?,28-,31-;;. The molecule has 3 atom stereocenters. The normalized spacial score (nSPS) is 17.6. The van der Waals surface area contributed by atoms with Crippen molar-refractivity contribution in [1.29, 1.82) is 0 Å². The number of amides is 2. The van der Waals surface area contributed by atoms with Crippen LogP contribution in [0.3, 0.4) is 0 Å². The van der Waals surface area contributed by atoms with Crippen LogP contribution in [0.2, 0.25) is 0 Å². The van der Waals surface area contributed by atoms with Gasteiger partial charge in [0, 0.05) is 40.3 Å². The van der Waals surface area contributed by atoms with Crippen LogP contribution in [-0.4, -0.2) is 63.5 Å². The number of phosphoric ester groups is 1. The molecule has 0 aliphatic heterocycles. The summed E-state index contributed by atoms with van der Waals surface area (Å²) >= 11 is 0. The van der Waals surface area contributed by atoms with Gasteiger partial charge in [0.15, 0.2) is 0 Å². The van der Waals surface area contributed by atoms with Crippen LogP contribution in [0.4, 0.5) is 10.5 Å². The second-order valence-corrected chi connectivity index (χ2v) is 13.4. The molecule has 3 aromatic rings. The fourth-order valence-electron chi connectivity index (χ4n) is 4.89. The Balaban J connectivity index is 0.00000930. The molecule has 0 saturated heterocycles. The van der Waals surface area contributed by atoms with Crippen molar-refractivity contribution in [2.45, 2.75) is 55.9 Å². The molecule has 0 bridgehead atoms. The molecule has 0 spiro atoms. The first-order valence-electron chi connectivity index (χ1n) is 20.0. The minimum Gasteiger partial charge on any atom is -0.790 e. The zero-order valence-corrected chi connectivity index (χ0v) is 33.2. The van der Waals surface area contributed by atoms with E-state index in [1.807, 2.05) is 0 Å². The number of unbranched alkanes of at least 4 members (excludes halogenated alkanes) is 1. The average Bonchev–Trinajstić information content (AvgIpc) is 3.10. The van der Waals surface area contributed by atoms with Gasteiger partial charge in [-0.2, -0.15) is 4.31 Å². The zero-order chi connectivity index (χ0) is 44.6. The average molecular weight is 760 g/mol. The molecule has 0 heterocycles. The number of hydrogen-bond acceptors (Lipinski definition) is 10. The van der Waals surface area contributed by atoms with E-state index in [0.717, 1.165) is 24.3 Å². The first kappa shape index (κ1) is 30.7. The van der Waals surface area contributed by atoms with E-state index in [2.05, 4.69) is 19.9 Å². The maximum Gasteiger partial charge on any atom is 1.00 e. The first-order valence-corrected chi connectivity index (χ1v) is 17.3. The molecule has 0 saturated carbocycles. The van der Waals surface area contributed by atoms with Crippen LogP contribution < -0.4 is 85.3 Å². The number of nitrogens with one attached hydrogen (secondary N) is 2. The molecule has 13 nitrogen and oxygen atoms in total. The van der Waals surface area contributed by atoms with Gasteiger partial charge >= 0.3 is 65.2 Å². The Morgan fingerprint density at radius 3 is 2.08 bits per heavy atom. The number of nitrogen functional groups attached to an aromatic ring is 1. The van der Waals surface area contributed by atoms with Crippen molar-refractivity contribution >= 4 is 35.5 Å². The number of ether oxygens (including phenoxy) is 1. The maximum absolute atomic E-state index is 14.1. The van der Waals surface area contributed by atoms with Crippen molar-refractivity contribution < 1.29 is 116 Å². The predicted octanol–water partition coefficient (Wildman–Crippen LogP) is -3.02. The number of nitrogens with zero attached hydrogens (tertiary/aromatic N) is 1. The van der Waals surface area contributed by atoms with Crippen molar-refractivity contribution in [3.05, 3.63) is 96.1 Å². The fourth-order valence-corrected chi connectivity index (χ4v) is 6.74. The van der Waals surface area contributed by atoms with Crippen LogP contribution in [0.5, 0.6) is 0 Å². The predicted molar refractivity (Wildman–Crippen MR) is 178 cm³/mol. The number of benzene rings is 3. The Kier molecular flexibility index (Phi) is 13.7. The second kappa shape index (κ2) is 22.3. The maximum atomic E-state index is 14.1. The monoisotopic (exact) mass is 759 g/mol. The first-order chi connectivity index (χ1) is 27.1. The minimum atomic E-state index is -6.05. The van der Waals surface area contributed by atoms with Crippen molar-refractivity contribution in [3.8, 4) is 0 Å². The van der Waals surface area contributed by atoms with E-state index in [1.54, 1.807) is 60.7 Å². The van der Waals surface area contributed by atoms with Crippen LogP contribution in [0.25, 0.3) is 0 Å². The van der Waals surface area contributed by atoms with E-state index in [9.17, 15) is 32.4 Å². The molecule has 3 aromatic carbocycles. The van der Waals surface area contributed by atoms with Gasteiger partial charge in [-0.15, -0.1) is 0 Å². The molecule has 50 heavy (non-hydrogen) atoms. The van der Waals surface area contributed by atoms with Crippen molar-refractivity contribution in [1.82, 2.24) is 14.9 Å². The van der Waals surface area contributed by atoms with E-state index in [0.29, 0.717) is 11.1 Å². The van der Waals surface area contributed by atoms with E-state index in [1.165, 1.54) is 0 Å². The molecule has 0 fully saturated rings. The number of alkyl carbamates (subject to hydrolysis) is 1. The molecular weight excluding hydrogens is 705 g/mol. The van der Waals surface area contributed by atoms with Crippen LogP contribution in [-0.2, 0) is 28.6 Å². The Hall–Kier alpha value is -1.78. The third kappa shape index (κ3) is 14.7. The summed E-state index contributed by atoms with van der Waals surface area (Å²) in [6.07, 6.45) is -2.43. The third-order valence-corrected chi connectivity index (χ3v) is 9.31. The molecule has 0 radical (unpaired) electrons. The topological polar surface area (TPSA) is 203 Å². The third-order valence-electron chi connectivity index (χ3n) is 7.04. The number of phosphoric acid groups is 1. The van der Waals surface area contributed by atoms with Crippen molar-refractivity contribution in [2.24, 2.45) is 5.89 Å². The number of anilines is 1. The molecule has 262 valence electrons. The summed E-state index contributed by atoms with van der Waals surface area (Å²) in [5.74, 6) is -5.32. The van der Waals surface area contributed by atoms with Gasteiger partial charge in [0.1, 0.15) is 6.04 Å². The molecule has 0 aromatic heterocycles. The van der Waals surface area contributed by atoms with Gasteiger partial charge in [0.25, 0.3) is 0 Å². The second-order valence-electron chi connectivity index (χ2n) is 10.5.